The van der Waals surface area contributed by atoms with Crippen molar-refractivity contribution < 1.29 is 9.05 Å². The van der Waals surface area contributed by atoms with Gasteiger partial charge in [0.25, 0.3) is 0 Å². The van der Waals surface area contributed by atoms with E-state index in [1.54, 1.807) is 0 Å². The zero-order valence-corrected chi connectivity index (χ0v) is 11.9. The summed E-state index contributed by atoms with van der Waals surface area (Å²) in [5.41, 5.74) is 0. The lowest BCUT2D eigenvalue weighted by atomic mass is 10.3. The number of hydrogen-bond donors (Lipinski definition) is 0. The van der Waals surface area contributed by atoms with Gasteiger partial charge in [0.1, 0.15) is 0 Å². The van der Waals surface area contributed by atoms with Crippen LogP contribution in [-0.4, -0.2) is 13.2 Å². The van der Waals surface area contributed by atoms with E-state index in [1.165, 1.54) is 38.5 Å². The number of rotatable bonds is 8. The first-order valence-corrected chi connectivity index (χ1v) is 6.41. The second-order valence-corrected chi connectivity index (χ2v) is 3.82. The Balaban J connectivity index is 0. The summed E-state index contributed by atoms with van der Waals surface area (Å²) in [5, 5.41) is 0. The molecule has 0 amide bonds. The molecule has 0 aromatic heterocycles. The Hall–Kier alpha value is 0.780. The van der Waals surface area contributed by atoms with E-state index in [2.05, 4.69) is 32.8 Å². The van der Waals surface area contributed by atoms with Crippen molar-refractivity contribution in [3.63, 3.8) is 0 Å². The van der Waals surface area contributed by atoms with Crippen LogP contribution in [0.15, 0.2) is 0 Å². The van der Waals surface area contributed by atoms with Crippen LogP contribution in [-0.2, 0) is 9.05 Å². The van der Waals surface area contributed by atoms with E-state index in [0.29, 0.717) is 0 Å². The molecular weight excluding hydrogens is 214 g/mol. The fourth-order valence-electron chi connectivity index (χ4n) is 0.871. The van der Waals surface area contributed by atoms with Crippen LogP contribution in [0.1, 0.15) is 52.4 Å². The van der Waals surface area contributed by atoms with Crippen molar-refractivity contribution in [3.05, 3.63) is 0 Å². The molecule has 4 heteroatoms. The topological polar surface area (TPSA) is 18.5 Å². The average molecular weight is 240 g/mol. The fourth-order valence-corrected chi connectivity index (χ4v) is 1.20. The van der Waals surface area contributed by atoms with Gasteiger partial charge in [-0.15, -0.1) is 0 Å². The predicted octanol–water partition coefficient (Wildman–Crippen LogP) is 3.97. The van der Waals surface area contributed by atoms with Crippen molar-refractivity contribution in [1.82, 2.24) is 0 Å². The Morgan fingerprint density at radius 1 is 0.714 bits per heavy atom. The van der Waals surface area contributed by atoms with Crippen LogP contribution in [0.5, 0.6) is 0 Å². The Labute approximate surface area is 94.1 Å². The SMILES string of the molecule is CCCCCOP.CCCCCOP. The molecule has 0 aliphatic rings. The smallest absolute Gasteiger partial charge is 0.0501 e. The molecule has 2 nitrogen and oxygen atoms in total. The molecule has 0 aliphatic heterocycles. The van der Waals surface area contributed by atoms with E-state index in [4.69, 9.17) is 9.05 Å². The lowest BCUT2D eigenvalue weighted by molar-refractivity contribution is 0.356. The van der Waals surface area contributed by atoms with E-state index < -0.39 is 0 Å². The standard InChI is InChI=1S/2C5H13OP/c2*1-2-3-4-5-6-7/h2*2-5,7H2,1H3. The quantitative estimate of drug-likeness (QED) is 0.472. The minimum absolute atomic E-state index is 0.887. The molecule has 0 aliphatic carbocycles. The van der Waals surface area contributed by atoms with Crippen molar-refractivity contribution in [1.29, 1.82) is 0 Å². The minimum atomic E-state index is 0.887. The van der Waals surface area contributed by atoms with Gasteiger partial charge in [0.15, 0.2) is 0 Å². The van der Waals surface area contributed by atoms with Gasteiger partial charge in [-0.05, 0) is 12.8 Å². The normalized spacial score (nSPS) is 9.43. The highest BCUT2D eigenvalue weighted by atomic mass is 31.0. The van der Waals surface area contributed by atoms with E-state index in [0.717, 1.165) is 13.2 Å². The second-order valence-electron chi connectivity index (χ2n) is 3.16. The highest BCUT2D eigenvalue weighted by Crippen LogP contribution is 1.96. The Morgan fingerprint density at radius 2 is 1.07 bits per heavy atom. The molecule has 0 aromatic carbocycles. The summed E-state index contributed by atoms with van der Waals surface area (Å²) in [4.78, 5) is 0. The molecule has 0 bridgehead atoms. The van der Waals surface area contributed by atoms with Gasteiger partial charge < -0.3 is 9.05 Å². The maximum absolute atomic E-state index is 4.76. The maximum atomic E-state index is 4.76. The molecule has 0 saturated carbocycles. The molecule has 0 saturated heterocycles. The molecule has 0 heterocycles. The zero-order chi connectivity index (χ0) is 11.1. The number of hydrogen-bond acceptors (Lipinski definition) is 2. The van der Waals surface area contributed by atoms with Crippen LogP contribution >= 0.6 is 18.9 Å². The molecule has 2 atom stereocenters. The monoisotopic (exact) mass is 240 g/mol. The average Bonchev–Trinajstić information content (AvgIpc) is 2.21. The van der Waals surface area contributed by atoms with Crippen molar-refractivity contribution in [2.45, 2.75) is 52.4 Å². The van der Waals surface area contributed by atoms with Crippen LogP contribution in [0.3, 0.4) is 0 Å². The molecule has 14 heavy (non-hydrogen) atoms. The van der Waals surface area contributed by atoms with Crippen molar-refractivity contribution in [2.75, 3.05) is 13.2 Å². The molecular formula is C10H26O2P2. The summed E-state index contributed by atoms with van der Waals surface area (Å²) in [7, 11) is 4.50. The first kappa shape index (κ1) is 17.2. The van der Waals surface area contributed by atoms with E-state index in [9.17, 15) is 0 Å². The molecule has 0 spiro atoms. The molecule has 0 rings (SSSR count). The van der Waals surface area contributed by atoms with Gasteiger partial charge in [-0.25, -0.2) is 0 Å². The van der Waals surface area contributed by atoms with E-state index in [-0.39, 0.29) is 0 Å². The summed E-state index contributed by atoms with van der Waals surface area (Å²) in [6.45, 7) is 6.14. The lowest BCUT2D eigenvalue weighted by Gasteiger charge is -1.92. The van der Waals surface area contributed by atoms with Crippen LogP contribution in [0.25, 0.3) is 0 Å². The summed E-state index contributed by atoms with van der Waals surface area (Å²) < 4.78 is 9.52. The molecule has 0 N–H and O–H groups in total. The van der Waals surface area contributed by atoms with Gasteiger partial charge in [-0.1, -0.05) is 39.5 Å². The molecule has 0 aromatic rings. The summed E-state index contributed by atoms with van der Waals surface area (Å²) in [6, 6.07) is 0. The van der Waals surface area contributed by atoms with Crippen LogP contribution < -0.4 is 0 Å². The van der Waals surface area contributed by atoms with E-state index in [1.807, 2.05) is 0 Å². The molecule has 2 unspecified atom stereocenters. The highest BCUT2D eigenvalue weighted by molar-refractivity contribution is 7.10. The summed E-state index contributed by atoms with van der Waals surface area (Å²) in [5.74, 6) is 0. The molecule has 0 fully saturated rings. The van der Waals surface area contributed by atoms with Crippen LogP contribution in [0.2, 0.25) is 0 Å². The van der Waals surface area contributed by atoms with Gasteiger partial charge in [-0.3, -0.25) is 0 Å². The maximum Gasteiger partial charge on any atom is 0.0501 e. The van der Waals surface area contributed by atoms with Gasteiger partial charge in [0, 0.05) is 18.9 Å². The Bertz CT molecular complexity index is 64.5. The predicted molar refractivity (Wildman–Crippen MR) is 70.4 cm³/mol. The fraction of sp³-hybridized carbons (Fsp3) is 1.00. The third kappa shape index (κ3) is 23.0. The first-order chi connectivity index (χ1) is 6.83. The van der Waals surface area contributed by atoms with Gasteiger partial charge in [-0.2, -0.15) is 0 Å². The second kappa shape index (κ2) is 19.4. The Kier molecular flexibility index (Phi) is 23.8. The third-order valence-electron chi connectivity index (χ3n) is 1.73. The molecule has 0 radical (unpaired) electrons. The van der Waals surface area contributed by atoms with Crippen molar-refractivity contribution in [2.24, 2.45) is 0 Å². The van der Waals surface area contributed by atoms with Crippen LogP contribution in [0.4, 0.5) is 0 Å². The van der Waals surface area contributed by atoms with Gasteiger partial charge in [0.2, 0.25) is 0 Å². The van der Waals surface area contributed by atoms with Gasteiger partial charge >= 0.3 is 0 Å². The van der Waals surface area contributed by atoms with E-state index >= 15 is 0 Å². The minimum Gasteiger partial charge on any atom is -0.366 e. The molecule has 88 valence electrons. The number of unbranched alkanes of at least 4 members (excludes halogenated alkanes) is 4. The third-order valence-corrected chi connectivity index (χ3v) is 2.20. The highest BCUT2D eigenvalue weighted by Gasteiger charge is 1.80. The first-order valence-electron chi connectivity index (χ1n) is 5.46. The van der Waals surface area contributed by atoms with Crippen LogP contribution in [0, 0.1) is 0 Å². The zero-order valence-electron chi connectivity index (χ0n) is 9.63. The van der Waals surface area contributed by atoms with Gasteiger partial charge in [0.05, 0.1) is 13.2 Å². The van der Waals surface area contributed by atoms with Crippen molar-refractivity contribution >= 4 is 18.9 Å². The van der Waals surface area contributed by atoms with Crippen molar-refractivity contribution in [3.8, 4) is 0 Å². The Morgan fingerprint density at radius 3 is 1.29 bits per heavy atom. The summed E-state index contributed by atoms with van der Waals surface area (Å²) >= 11 is 0. The summed E-state index contributed by atoms with van der Waals surface area (Å²) in [6.07, 6.45) is 7.50. The lowest BCUT2D eigenvalue weighted by Crippen LogP contribution is -1.80. The largest absolute Gasteiger partial charge is 0.366 e.